The predicted molar refractivity (Wildman–Crippen MR) is 73.5 cm³/mol. The zero-order chi connectivity index (χ0) is 12.3. The molecule has 1 aromatic heterocycles. The van der Waals surface area contributed by atoms with Gasteiger partial charge >= 0.3 is 0 Å². The lowest BCUT2D eigenvalue weighted by Crippen LogP contribution is -2.56. The van der Waals surface area contributed by atoms with Crippen LogP contribution in [0, 0.1) is 0 Å². The van der Waals surface area contributed by atoms with E-state index in [1.807, 2.05) is 17.5 Å². The van der Waals surface area contributed by atoms with Gasteiger partial charge in [0.2, 0.25) is 0 Å². The summed E-state index contributed by atoms with van der Waals surface area (Å²) in [6.45, 7) is 4.22. The summed E-state index contributed by atoms with van der Waals surface area (Å²) in [4.78, 5) is 8.13. The highest BCUT2D eigenvalue weighted by atomic mass is 32.1. The van der Waals surface area contributed by atoms with Gasteiger partial charge in [0.1, 0.15) is 0 Å². The highest BCUT2D eigenvalue weighted by molar-refractivity contribution is 7.11. The standard InChI is InChI=1S/C13H23N3S/c1-4-12-15-9-11(17-12)8-14-10-13(16(2)3)6-5-7-13/h9,14H,4-8,10H2,1-3H3. The number of likely N-dealkylation sites (N-methyl/N-ethyl adjacent to an activating group) is 1. The Bertz CT molecular complexity index is 355. The third kappa shape index (κ3) is 2.87. The van der Waals surface area contributed by atoms with Gasteiger partial charge in [-0.25, -0.2) is 4.98 Å². The predicted octanol–water partition coefficient (Wildman–Crippen LogP) is 2.28. The van der Waals surface area contributed by atoms with Crippen molar-refractivity contribution in [2.75, 3.05) is 20.6 Å². The lowest BCUT2D eigenvalue weighted by Gasteiger charge is -2.47. The molecule has 0 bridgehead atoms. The second kappa shape index (κ2) is 5.46. The fourth-order valence-electron chi connectivity index (χ4n) is 2.38. The minimum atomic E-state index is 0.415. The fourth-order valence-corrected chi connectivity index (χ4v) is 3.21. The highest BCUT2D eigenvalue weighted by Gasteiger charge is 2.38. The third-order valence-corrected chi connectivity index (χ3v) is 5.03. The van der Waals surface area contributed by atoms with Crippen LogP contribution in [0.5, 0.6) is 0 Å². The number of aromatic nitrogens is 1. The summed E-state index contributed by atoms with van der Waals surface area (Å²) in [6, 6.07) is 0. The molecule has 0 spiro atoms. The van der Waals surface area contributed by atoms with Crippen LogP contribution in [0.15, 0.2) is 6.20 Å². The van der Waals surface area contributed by atoms with Gasteiger partial charge in [0, 0.05) is 29.7 Å². The molecule has 96 valence electrons. The third-order valence-electron chi connectivity index (χ3n) is 3.89. The van der Waals surface area contributed by atoms with Crippen molar-refractivity contribution in [3.63, 3.8) is 0 Å². The summed E-state index contributed by atoms with van der Waals surface area (Å²) < 4.78 is 0. The Hall–Kier alpha value is -0.450. The number of rotatable bonds is 6. The average molecular weight is 253 g/mol. The molecule has 0 atom stereocenters. The maximum Gasteiger partial charge on any atom is 0.0925 e. The number of nitrogens with zero attached hydrogens (tertiary/aromatic N) is 2. The quantitative estimate of drug-likeness (QED) is 0.843. The summed E-state index contributed by atoms with van der Waals surface area (Å²) in [6.07, 6.45) is 7.10. The monoisotopic (exact) mass is 253 g/mol. The van der Waals surface area contributed by atoms with Crippen LogP contribution in [-0.4, -0.2) is 36.1 Å². The lowest BCUT2D eigenvalue weighted by molar-refractivity contribution is 0.0599. The smallest absolute Gasteiger partial charge is 0.0925 e. The molecule has 4 heteroatoms. The van der Waals surface area contributed by atoms with Crippen molar-refractivity contribution in [1.82, 2.24) is 15.2 Å². The molecule has 1 aromatic rings. The number of hydrogen-bond donors (Lipinski definition) is 1. The zero-order valence-electron chi connectivity index (χ0n) is 11.1. The summed E-state index contributed by atoms with van der Waals surface area (Å²) in [5.74, 6) is 0. The molecule has 1 heterocycles. The Morgan fingerprint density at radius 1 is 1.47 bits per heavy atom. The largest absolute Gasteiger partial charge is 0.310 e. The Morgan fingerprint density at radius 2 is 2.24 bits per heavy atom. The van der Waals surface area contributed by atoms with E-state index in [4.69, 9.17) is 0 Å². The van der Waals surface area contributed by atoms with E-state index in [1.165, 1.54) is 29.1 Å². The van der Waals surface area contributed by atoms with Gasteiger partial charge in [-0.15, -0.1) is 11.3 Å². The fraction of sp³-hybridized carbons (Fsp3) is 0.769. The Labute approximate surface area is 108 Å². The molecule has 0 amide bonds. The van der Waals surface area contributed by atoms with Gasteiger partial charge in [-0.2, -0.15) is 0 Å². The number of nitrogens with one attached hydrogen (secondary N) is 1. The summed E-state index contributed by atoms with van der Waals surface area (Å²) >= 11 is 1.83. The van der Waals surface area contributed by atoms with Crippen LogP contribution in [0.3, 0.4) is 0 Å². The molecular weight excluding hydrogens is 230 g/mol. The SMILES string of the molecule is CCc1ncc(CNCC2(N(C)C)CCC2)s1. The van der Waals surface area contributed by atoms with Crippen LogP contribution in [0.4, 0.5) is 0 Å². The van der Waals surface area contributed by atoms with Crippen molar-refractivity contribution in [2.45, 2.75) is 44.7 Å². The topological polar surface area (TPSA) is 28.2 Å². The van der Waals surface area contributed by atoms with Crippen molar-refractivity contribution in [3.8, 4) is 0 Å². The van der Waals surface area contributed by atoms with Gasteiger partial charge in [0.15, 0.2) is 0 Å². The van der Waals surface area contributed by atoms with E-state index in [0.717, 1.165) is 19.5 Å². The molecule has 0 radical (unpaired) electrons. The van der Waals surface area contributed by atoms with E-state index in [-0.39, 0.29) is 0 Å². The van der Waals surface area contributed by atoms with Crippen molar-refractivity contribution < 1.29 is 0 Å². The Morgan fingerprint density at radius 3 is 2.71 bits per heavy atom. The van der Waals surface area contributed by atoms with Crippen molar-refractivity contribution in [2.24, 2.45) is 0 Å². The van der Waals surface area contributed by atoms with Gasteiger partial charge in [-0.1, -0.05) is 6.92 Å². The van der Waals surface area contributed by atoms with E-state index in [9.17, 15) is 0 Å². The van der Waals surface area contributed by atoms with Gasteiger partial charge in [-0.3, -0.25) is 0 Å². The highest BCUT2D eigenvalue weighted by Crippen LogP contribution is 2.35. The van der Waals surface area contributed by atoms with Crippen molar-refractivity contribution >= 4 is 11.3 Å². The Kier molecular flexibility index (Phi) is 4.17. The normalized spacial score (nSPS) is 18.4. The van der Waals surface area contributed by atoms with Gasteiger partial charge < -0.3 is 10.2 Å². The molecule has 2 rings (SSSR count). The van der Waals surface area contributed by atoms with Gasteiger partial charge in [0.05, 0.1) is 5.01 Å². The minimum absolute atomic E-state index is 0.415. The van der Waals surface area contributed by atoms with Crippen LogP contribution in [0.2, 0.25) is 0 Å². The average Bonchev–Trinajstić information content (AvgIpc) is 2.69. The molecule has 1 aliphatic carbocycles. The molecule has 1 fully saturated rings. The van der Waals surface area contributed by atoms with E-state index < -0.39 is 0 Å². The first-order valence-electron chi connectivity index (χ1n) is 6.48. The molecule has 1 aliphatic rings. The van der Waals surface area contributed by atoms with Crippen molar-refractivity contribution in [1.29, 1.82) is 0 Å². The minimum Gasteiger partial charge on any atom is -0.310 e. The molecule has 0 saturated heterocycles. The summed E-state index contributed by atoms with van der Waals surface area (Å²) in [7, 11) is 4.39. The zero-order valence-corrected chi connectivity index (χ0v) is 11.9. The van der Waals surface area contributed by atoms with Crippen LogP contribution < -0.4 is 5.32 Å². The molecule has 0 unspecified atom stereocenters. The van der Waals surface area contributed by atoms with Gasteiger partial charge in [0.25, 0.3) is 0 Å². The van der Waals surface area contributed by atoms with Crippen LogP contribution in [0.25, 0.3) is 0 Å². The van der Waals surface area contributed by atoms with Crippen LogP contribution in [-0.2, 0) is 13.0 Å². The van der Waals surface area contributed by atoms with E-state index >= 15 is 0 Å². The van der Waals surface area contributed by atoms with E-state index in [0.29, 0.717) is 5.54 Å². The summed E-state index contributed by atoms with van der Waals surface area (Å²) in [5.41, 5.74) is 0.415. The first-order chi connectivity index (χ1) is 8.16. The second-order valence-electron chi connectivity index (χ2n) is 5.15. The van der Waals surface area contributed by atoms with Crippen LogP contribution in [0.1, 0.15) is 36.1 Å². The maximum atomic E-state index is 4.39. The first-order valence-corrected chi connectivity index (χ1v) is 7.30. The first kappa shape index (κ1) is 13.0. The number of hydrogen-bond acceptors (Lipinski definition) is 4. The Balaban J connectivity index is 1.79. The molecule has 1 N–H and O–H groups in total. The van der Waals surface area contributed by atoms with E-state index in [2.05, 4.69) is 36.2 Å². The summed E-state index contributed by atoms with van der Waals surface area (Å²) in [5, 5.41) is 4.84. The maximum absolute atomic E-state index is 4.39. The molecular formula is C13H23N3S. The molecule has 3 nitrogen and oxygen atoms in total. The number of thiazole rings is 1. The molecule has 1 saturated carbocycles. The van der Waals surface area contributed by atoms with Crippen LogP contribution >= 0.6 is 11.3 Å². The lowest BCUT2D eigenvalue weighted by atomic mass is 9.75. The van der Waals surface area contributed by atoms with Gasteiger partial charge in [-0.05, 0) is 39.8 Å². The second-order valence-corrected chi connectivity index (χ2v) is 6.35. The molecule has 0 aromatic carbocycles. The molecule has 17 heavy (non-hydrogen) atoms. The van der Waals surface area contributed by atoms with Crippen molar-refractivity contribution in [3.05, 3.63) is 16.1 Å². The van der Waals surface area contributed by atoms with E-state index in [1.54, 1.807) is 0 Å². The molecule has 0 aliphatic heterocycles. The number of aryl methyl sites for hydroxylation is 1.